The number of guanidine groups is 1. The highest BCUT2D eigenvalue weighted by atomic mass is 32.2. The average molecular weight is 314 g/mol. The third kappa shape index (κ3) is 7.20. The molecule has 0 saturated heterocycles. The first-order valence-electron chi connectivity index (χ1n) is 7.28. The number of hydrogen-bond donors (Lipinski definition) is 1. The molecule has 0 bridgehead atoms. The van der Waals surface area contributed by atoms with E-state index in [-0.39, 0.29) is 0 Å². The fraction of sp³-hybridized carbons (Fsp3) is 0.667. The van der Waals surface area contributed by atoms with Crippen LogP contribution in [0.1, 0.15) is 24.6 Å². The van der Waals surface area contributed by atoms with Crippen molar-refractivity contribution < 1.29 is 0 Å². The Bertz CT molecular complexity index is 363. The van der Waals surface area contributed by atoms with Gasteiger partial charge in [-0.1, -0.05) is 6.07 Å². The molecule has 0 atom stereocenters. The molecule has 0 aliphatic carbocycles. The van der Waals surface area contributed by atoms with Crippen LogP contribution in [0.5, 0.6) is 0 Å². The maximum absolute atomic E-state index is 4.71. The second-order valence-corrected chi connectivity index (χ2v) is 6.70. The summed E-state index contributed by atoms with van der Waals surface area (Å²) >= 11 is 3.74. The average Bonchev–Trinajstić information content (AvgIpc) is 2.96. The second kappa shape index (κ2) is 11.0. The third-order valence-corrected chi connectivity index (χ3v) is 4.62. The molecule has 5 heteroatoms. The van der Waals surface area contributed by atoms with Gasteiger partial charge in [-0.3, -0.25) is 4.99 Å². The Morgan fingerprint density at radius 2 is 2.30 bits per heavy atom. The fourth-order valence-corrected chi connectivity index (χ4v) is 3.04. The van der Waals surface area contributed by atoms with Gasteiger partial charge in [-0.2, -0.15) is 11.8 Å². The van der Waals surface area contributed by atoms with Crippen molar-refractivity contribution in [2.75, 3.05) is 38.7 Å². The Balaban J connectivity index is 2.36. The van der Waals surface area contributed by atoms with E-state index in [1.807, 2.05) is 23.1 Å². The highest BCUT2D eigenvalue weighted by molar-refractivity contribution is 7.98. The van der Waals surface area contributed by atoms with Crippen LogP contribution in [-0.4, -0.2) is 49.6 Å². The van der Waals surface area contributed by atoms with Gasteiger partial charge >= 0.3 is 0 Å². The first kappa shape index (κ1) is 17.4. The van der Waals surface area contributed by atoms with Crippen molar-refractivity contribution in [2.45, 2.75) is 26.2 Å². The van der Waals surface area contributed by atoms with Gasteiger partial charge < -0.3 is 10.2 Å². The summed E-state index contributed by atoms with van der Waals surface area (Å²) in [5.74, 6) is 2.27. The summed E-state index contributed by atoms with van der Waals surface area (Å²) in [5.41, 5.74) is 0. The minimum absolute atomic E-state index is 0.923. The summed E-state index contributed by atoms with van der Waals surface area (Å²) in [6.07, 6.45) is 5.67. The van der Waals surface area contributed by atoms with Crippen LogP contribution in [0.2, 0.25) is 0 Å². The molecule has 0 fully saturated rings. The molecule has 1 heterocycles. The number of rotatable bonds is 9. The maximum Gasteiger partial charge on any atom is 0.193 e. The van der Waals surface area contributed by atoms with Crippen molar-refractivity contribution in [2.24, 2.45) is 4.99 Å². The van der Waals surface area contributed by atoms with Crippen LogP contribution in [0, 0.1) is 0 Å². The van der Waals surface area contributed by atoms with Crippen LogP contribution >= 0.6 is 23.1 Å². The summed E-state index contributed by atoms with van der Waals surface area (Å²) < 4.78 is 0. The molecule has 114 valence electrons. The lowest BCUT2D eigenvalue weighted by Crippen LogP contribution is -2.40. The normalized spacial score (nSPS) is 11.7. The Kier molecular flexibility index (Phi) is 9.58. The number of hydrogen-bond acceptors (Lipinski definition) is 3. The smallest absolute Gasteiger partial charge is 0.193 e. The third-order valence-electron chi connectivity index (χ3n) is 2.99. The molecule has 1 rings (SSSR count). The Morgan fingerprint density at radius 1 is 1.45 bits per heavy atom. The first-order valence-corrected chi connectivity index (χ1v) is 9.56. The predicted molar refractivity (Wildman–Crippen MR) is 94.2 cm³/mol. The molecule has 3 nitrogen and oxygen atoms in total. The van der Waals surface area contributed by atoms with Crippen molar-refractivity contribution in [3.05, 3.63) is 22.4 Å². The molecule has 0 saturated carbocycles. The van der Waals surface area contributed by atoms with Gasteiger partial charge in [0.25, 0.3) is 0 Å². The Hall–Kier alpha value is -0.680. The van der Waals surface area contributed by atoms with E-state index in [2.05, 4.69) is 48.0 Å². The Morgan fingerprint density at radius 3 is 2.95 bits per heavy atom. The van der Waals surface area contributed by atoms with E-state index in [9.17, 15) is 0 Å². The first-order chi connectivity index (χ1) is 9.77. The molecular formula is C15H27N3S2. The van der Waals surface area contributed by atoms with E-state index in [1.165, 1.54) is 23.5 Å². The number of aliphatic imine (C=N–C) groups is 1. The molecule has 20 heavy (non-hydrogen) atoms. The Labute approximate surface area is 131 Å². The number of thioether (sulfide) groups is 1. The van der Waals surface area contributed by atoms with Crippen molar-refractivity contribution in [3.63, 3.8) is 0 Å². The summed E-state index contributed by atoms with van der Waals surface area (Å²) in [6.45, 7) is 4.98. The molecular weight excluding hydrogens is 286 g/mol. The van der Waals surface area contributed by atoms with E-state index < -0.39 is 0 Å². The van der Waals surface area contributed by atoms with Crippen molar-refractivity contribution in [3.8, 4) is 0 Å². The predicted octanol–water partition coefficient (Wildman–Crippen LogP) is 3.33. The quantitative estimate of drug-likeness (QED) is 0.430. The molecule has 1 aromatic heterocycles. The highest BCUT2D eigenvalue weighted by Gasteiger charge is 2.05. The van der Waals surface area contributed by atoms with E-state index in [0.29, 0.717) is 0 Å². The van der Waals surface area contributed by atoms with Gasteiger partial charge in [0.05, 0.1) is 0 Å². The zero-order chi connectivity index (χ0) is 14.6. The van der Waals surface area contributed by atoms with Gasteiger partial charge in [0.2, 0.25) is 0 Å². The van der Waals surface area contributed by atoms with E-state index in [1.54, 1.807) is 0 Å². The number of likely N-dealkylation sites (N-methyl/N-ethyl adjacent to an activating group) is 1. The van der Waals surface area contributed by atoms with Crippen LogP contribution in [0.4, 0.5) is 0 Å². The minimum Gasteiger partial charge on any atom is -0.357 e. The molecule has 0 aliphatic rings. The molecule has 0 unspecified atom stereocenters. The van der Waals surface area contributed by atoms with Gasteiger partial charge in [0, 0.05) is 31.6 Å². The standard InChI is InChI=1S/C15H27N3S2/c1-4-16-15(17-10-5-6-12-19-3)18(2)11-9-14-8-7-13-20-14/h7-8,13H,4-6,9-12H2,1-3H3,(H,16,17). The van der Waals surface area contributed by atoms with Crippen molar-refractivity contribution >= 4 is 29.1 Å². The molecule has 0 aliphatic heterocycles. The largest absolute Gasteiger partial charge is 0.357 e. The lowest BCUT2D eigenvalue weighted by atomic mass is 10.3. The van der Waals surface area contributed by atoms with Crippen LogP contribution in [0.25, 0.3) is 0 Å². The lowest BCUT2D eigenvalue weighted by Gasteiger charge is -2.21. The fourth-order valence-electron chi connectivity index (χ4n) is 1.85. The van der Waals surface area contributed by atoms with Gasteiger partial charge in [-0.25, -0.2) is 0 Å². The van der Waals surface area contributed by atoms with Crippen molar-refractivity contribution in [1.29, 1.82) is 0 Å². The number of nitrogens with zero attached hydrogens (tertiary/aromatic N) is 2. The summed E-state index contributed by atoms with van der Waals surface area (Å²) in [4.78, 5) is 8.38. The molecule has 1 N–H and O–H groups in total. The monoisotopic (exact) mass is 313 g/mol. The van der Waals surface area contributed by atoms with Crippen LogP contribution in [-0.2, 0) is 6.42 Å². The zero-order valence-corrected chi connectivity index (χ0v) is 14.5. The second-order valence-electron chi connectivity index (χ2n) is 4.69. The summed E-state index contributed by atoms with van der Waals surface area (Å²) in [5, 5.41) is 5.52. The molecule has 0 amide bonds. The summed E-state index contributed by atoms with van der Waals surface area (Å²) in [7, 11) is 2.12. The van der Waals surface area contributed by atoms with E-state index in [0.717, 1.165) is 32.0 Å². The zero-order valence-electron chi connectivity index (χ0n) is 12.9. The van der Waals surface area contributed by atoms with Gasteiger partial charge in [-0.15, -0.1) is 11.3 Å². The van der Waals surface area contributed by atoms with Gasteiger partial charge in [0.1, 0.15) is 0 Å². The maximum atomic E-state index is 4.71. The van der Waals surface area contributed by atoms with E-state index in [4.69, 9.17) is 4.99 Å². The van der Waals surface area contributed by atoms with E-state index >= 15 is 0 Å². The molecule has 1 aromatic rings. The number of thiophene rings is 1. The van der Waals surface area contributed by atoms with Crippen molar-refractivity contribution in [1.82, 2.24) is 10.2 Å². The number of nitrogens with one attached hydrogen (secondary N) is 1. The molecule has 0 spiro atoms. The SMILES string of the molecule is CCNC(=NCCCCSC)N(C)CCc1cccs1. The van der Waals surface area contributed by atoms with Crippen LogP contribution in [0.3, 0.4) is 0 Å². The minimum atomic E-state index is 0.923. The topological polar surface area (TPSA) is 27.6 Å². The molecule has 0 aromatic carbocycles. The lowest BCUT2D eigenvalue weighted by molar-refractivity contribution is 0.486. The number of unbranched alkanes of at least 4 members (excludes halogenated alkanes) is 1. The summed E-state index contributed by atoms with van der Waals surface area (Å²) in [6, 6.07) is 4.32. The van der Waals surface area contributed by atoms with Crippen LogP contribution in [0.15, 0.2) is 22.5 Å². The highest BCUT2D eigenvalue weighted by Crippen LogP contribution is 2.09. The van der Waals surface area contributed by atoms with Gasteiger partial charge in [0.15, 0.2) is 5.96 Å². The van der Waals surface area contributed by atoms with Gasteiger partial charge in [-0.05, 0) is 49.6 Å². The van der Waals surface area contributed by atoms with Crippen LogP contribution < -0.4 is 5.32 Å². The molecule has 0 radical (unpaired) electrons.